The van der Waals surface area contributed by atoms with E-state index in [2.05, 4.69) is 13.8 Å². The Morgan fingerprint density at radius 2 is 1.40 bits per heavy atom. The molecule has 0 amide bonds. The predicted octanol–water partition coefficient (Wildman–Crippen LogP) is 2.14. The highest BCUT2D eigenvalue weighted by molar-refractivity contribution is 4.72. The van der Waals surface area contributed by atoms with Gasteiger partial charge in [0.25, 0.3) is 0 Å². The predicted molar refractivity (Wildman–Crippen MR) is 58.0 cm³/mol. The maximum Gasteiger partial charge on any atom is 0.0810 e. The molecule has 0 aromatic heterocycles. The monoisotopic (exact) mass is 214 g/mol. The standard InChI is InChI=1S/C12H22O3/c1-9(3-5-11-7-13-11)15-10(2)4-6-12-8-14-12/h9-12H,3-8H2,1-2H3. The lowest BCUT2D eigenvalue weighted by atomic mass is 10.1. The number of rotatable bonds is 8. The van der Waals surface area contributed by atoms with Gasteiger partial charge in [-0.3, -0.25) is 0 Å². The first kappa shape index (κ1) is 11.4. The fraction of sp³-hybridized carbons (Fsp3) is 1.00. The van der Waals surface area contributed by atoms with Gasteiger partial charge in [0, 0.05) is 0 Å². The van der Waals surface area contributed by atoms with E-state index < -0.39 is 0 Å². The lowest BCUT2D eigenvalue weighted by Crippen LogP contribution is -2.18. The maximum atomic E-state index is 5.90. The van der Waals surface area contributed by atoms with Crippen molar-refractivity contribution in [2.24, 2.45) is 0 Å². The van der Waals surface area contributed by atoms with Crippen LogP contribution in [0.5, 0.6) is 0 Å². The van der Waals surface area contributed by atoms with Gasteiger partial charge in [0.05, 0.1) is 37.6 Å². The number of epoxide rings is 2. The highest BCUT2D eigenvalue weighted by Crippen LogP contribution is 2.20. The summed E-state index contributed by atoms with van der Waals surface area (Å²) in [7, 11) is 0. The average molecular weight is 214 g/mol. The minimum atomic E-state index is 0.365. The zero-order chi connectivity index (χ0) is 10.7. The van der Waals surface area contributed by atoms with E-state index in [1.165, 1.54) is 0 Å². The molecular formula is C12H22O3. The van der Waals surface area contributed by atoms with Crippen LogP contribution in [0.2, 0.25) is 0 Å². The van der Waals surface area contributed by atoms with E-state index in [0.29, 0.717) is 24.4 Å². The van der Waals surface area contributed by atoms with Crippen LogP contribution in [-0.2, 0) is 14.2 Å². The Kier molecular flexibility index (Phi) is 4.00. The van der Waals surface area contributed by atoms with Gasteiger partial charge in [-0.2, -0.15) is 0 Å². The topological polar surface area (TPSA) is 34.3 Å². The van der Waals surface area contributed by atoms with Gasteiger partial charge in [-0.25, -0.2) is 0 Å². The van der Waals surface area contributed by atoms with E-state index in [-0.39, 0.29) is 0 Å². The van der Waals surface area contributed by atoms with E-state index in [0.717, 1.165) is 38.9 Å². The molecule has 0 aliphatic carbocycles. The molecule has 0 N–H and O–H groups in total. The second-order valence-corrected chi connectivity index (χ2v) is 4.82. The van der Waals surface area contributed by atoms with Gasteiger partial charge < -0.3 is 14.2 Å². The van der Waals surface area contributed by atoms with E-state index >= 15 is 0 Å². The van der Waals surface area contributed by atoms with Gasteiger partial charge >= 0.3 is 0 Å². The lowest BCUT2D eigenvalue weighted by Gasteiger charge is -2.18. The zero-order valence-corrected chi connectivity index (χ0v) is 9.78. The Morgan fingerprint density at radius 1 is 1.00 bits per heavy atom. The fourth-order valence-corrected chi connectivity index (χ4v) is 1.84. The maximum absolute atomic E-state index is 5.90. The molecule has 3 nitrogen and oxygen atoms in total. The van der Waals surface area contributed by atoms with Gasteiger partial charge in [0.15, 0.2) is 0 Å². The molecule has 0 radical (unpaired) electrons. The van der Waals surface area contributed by atoms with E-state index in [1.807, 2.05) is 0 Å². The Bertz CT molecular complexity index is 167. The van der Waals surface area contributed by atoms with Crippen molar-refractivity contribution in [3.05, 3.63) is 0 Å². The summed E-state index contributed by atoms with van der Waals surface area (Å²) in [6, 6.07) is 0. The number of ether oxygens (including phenoxy) is 3. The van der Waals surface area contributed by atoms with Gasteiger partial charge in [-0.15, -0.1) is 0 Å². The van der Waals surface area contributed by atoms with Crippen molar-refractivity contribution in [1.82, 2.24) is 0 Å². The Labute approximate surface area is 92.1 Å². The Morgan fingerprint density at radius 3 is 1.73 bits per heavy atom. The number of hydrogen-bond acceptors (Lipinski definition) is 3. The minimum absolute atomic E-state index is 0.365. The first-order chi connectivity index (χ1) is 7.24. The van der Waals surface area contributed by atoms with Crippen molar-refractivity contribution in [2.45, 2.75) is 63.9 Å². The minimum Gasteiger partial charge on any atom is -0.376 e. The van der Waals surface area contributed by atoms with Crippen molar-refractivity contribution in [2.75, 3.05) is 13.2 Å². The molecule has 4 atom stereocenters. The van der Waals surface area contributed by atoms with E-state index in [4.69, 9.17) is 14.2 Å². The van der Waals surface area contributed by atoms with Crippen molar-refractivity contribution in [1.29, 1.82) is 0 Å². The molecule has 2 saturated heterocycles. The summed E-state index contributed by atoms with van der Waals surface area (Å²) in [6.07, 6.45) is 6.34. The first-order valence-electron chi connectivity index (χ1n) is 6.12. The molecular weight excluding hydrogens is 192 g/mol. The largest absolute Gasteiger partial charge is 0.376 e. The molecule has 0 saturated carbocycles. The summed E-state index contributed by atoms with van der Waals surface area (Å²) in [5.74, 6) is 0. The third kappa shape index (κ3) is 4.96. The molecule has 2 aliphatic heterocycles. The molecule has 0 aromatic rings. The van der Waals surface area contributed by atoms with Crippen molar-refractivity contribution >= 4 is 0 Å². The van der Waals surface area contributed by atoms with Crippen LogP contribution >= 0.6 is 0 Å². The summed E-state index contributed by atoms with van der Waals surface area (Å²) in [5.41, 5.74) is 0. The van der Waals surface area contributed by atoms with Crippen LogP contribution in [0.15, 0.2) is 0 Å². The smallest absolute Gasteiger partial charge is 0.0810 e. The van der Waals surface area contributed by atoms with Crippen LogP contribution in [0.4, 0.5) is 0 Å². The summed E-state index contributed by atoms with van der Waals surface area (Å²) < 4.78 is 16.3. The second kappa shape index (κ2) is 5.28. The molecule has 4 unspecified atom stereocenters. The van der Waals surface area contributed by atoms with Crippen molar-refractivity contribution in [3.8, 4) is 0 Å². The van der Waals surface area contributed by atoms with Gasteiger partial charge in [-0.1, -0.05) is 0 Å². The van der Waals surface area contributed by atoms with Crippen LogP contribution in [0.1, 0.15) is 39.5 Å². The van der Waals surface area contributed by atoms with Crippen LogP contribution in [0.3, 0.4) is 0 Å². The van der Waals surface area contributed by atoms with Crippen LogP contribution < -0.4 is 0 Å². The molecule has 2 heterocycles. The SMILES string of the molecule is CC(CCC1CO1)OC(C)CCC1CO1. The summed E-state index contributed by atoms with van der Waals surface area (Å²) in [4.78, 5) is 0. The molecule has 2 rings (SSSR count). The normalized spacial score (nSPS) is 32.4. The average Bonchev–Trinajstić information content (AvgIpc) is 3.04. The second-order valence-electron chi connectivity index (χ2n) is 4.82. The van der Waals surface area contributed by atoms with Crippen LogP contribution in [0.25, 0.3) is 0 Å². The van der Waals surface area contributed by atoms with Crippen LogP contribution in [-0.4, -0.2) is 37.6 Å². The lowest BCUT2D eigenvalue weighted by molar-refractivity contribution is -0.00345. The third-order valence-corrected chi connectivity index (χ3v) is 3.06. The van der Waals surface area contributed by atoms with E-state index in [9.17, 15) is 0 Å². The third-order valence-electron chi connectivity index (χ3n) is 3.06. The molecule has 3 heteroatoms. The molecule has 2 aliphatic rings. The highest BCUT2D eigenvalue weighted by atomic mass is 16.6. The molecule has 0 aromatic carbocycles. The molecule has 2 fully saturated rings. The van der Waals surface area contributed by atoms with Crippen molar-refractivity contribution < 1.29 is 14.2 Å². The zero-order valence-electron chi connectivity index (χ0n) is 9.78. The first-order valence-corrected chi connectivity index (χ1v) is 6.12. The summed E-state index contributed by atoms with van der Waals surface area (Å²) >= 11 is 0. The van der Waals surface area contributed by atoms with Gasteiger partial charge in [0.1, 0.15) is 0 Å². The Balaban J connectivity index is 1.48. The van der Waals surface area contributed by atoms with Gasteiger partial charge in [0.2, 0.25) is 0 Å². The molecule has 88 valence electrons. The summed E-state index contributed by atoms with van der Waals surface area (Å²) in [5, 5.41) is 0. The Hall–Kier alpha value is -0.120. The molecule has 0 spiro atoms. The fourth-order valence-electron chi connectivity index (χ4n) is 1.84. The summed E-state index contributed by atoms with van der Waals surface area (Å²) in [6.45, 7) is 6.24. The van der Waals surface area contributed by atoms with Gasteiger partial charge in [-0.05, 0) is 39.5 Å². The van der Waals surface area contributed by atoms with Crippen LogP contribution in [0, 0.1) is 0 Å². The molecule has 15 heavy (non-hydrogen) atoms. The molecule has 0 bridgehead atoms. The van der Waals surface area contributed by atoms with Crippen molar-refractivity contribution in [3.63, 3.8) is 0 Å². The highest BCUT2D eigenvalue weighted by Gasteiger charge is 2.24. The number of hydrogen-bond donors (Lipinski definition) is 0. The quantitative estimate of drug-likeness (QED) is 0.580. The van der Waals surface area contributed by atoms with E-state index in [1.54, 1.807) is 0 Å².